The number of amides is 1. The number of benzene rings is 1. The first-order valence-corrected chi connectivity index (χ1v) is 5.56. The quantitative estimate of drug-likeness (QED) is 0.771. The highest BCUT2D eigenvalue weighted by atomic mass is 16.5. The number of hydrogen-bond acceptors (Lipinski definition) is 5. The zero-order valence-electron chi connectivity index (χ0n) is 10.4. The lowest BCUT2D eigenvalue weighted by Crippen LogP contribution is -2.14. The lowest BCUT2D eigenvalue weighted by Gasteiger charge is -2.08. The Balaban J connectivity index is 2.18. The van der Waals surface area contributed by atoms with Crippen molar-refractivity contribution in [3.63, 3.8) is 0 Å². The van der Waals surface area contributed by atoms with Crippen molar-refractivity contribution in [2.75, 3.05) is 18.2 Å². The molecule has 2 aromatic rings. The van der Waals surface area contributed by atoms with Crippen molar-refractivity contribution in [1.29, 1.82) is 0 Å². The summed E-state index contributed by atoms with van der Waals surface area (Å²) in [4.78, 5) is 15.1. The van der Waals surface area contributed by atoms with E-state index in [2.05, 4.69) is 10.3 Å². The largest absolute Gasteiger partial charge is 0.497 e. The first-order valence-electron chi connectivity index (χ1n) is 5.56. The second kappa shape index (κ2) is 5.26. The molecular weight excluding hydrogens is 244 g/mol. The van der Waals surface area contributed by atoms with E-state index in [1.54, 1.807) is 13.2 Å². The molecule has 19 heavy (non-hydrogen) atoms. The highest BCUT2D eigenvalue weighted by molar-refractivity contribution is 5.98. The van der Waals surface area contributed by atoms with Crippen LogP contribution in [0.5, 0.6) is 5.75 Å². The molecule has 0 bridgehead atoms. The predicted molar refractivity (Wildman–Crippen MR) is 73.4 cm³/mol. The maximum atomic E-state index is 11.0. The molecule has 0 fully saturated rings. The van der Waals surface area contributed by atoms with Crippen LogP contribution in [-0.2, 0) is 0 Å². The van der Waals surface area contributed by atoms with E-state index in [0.717, 1.165) is 11.4 Å². The number of nitrogens with zero attached hydrogens (tertiary/aromatic N) is 1. The number of rotatable bonds is 4. The van der Waals surface area contributed by atoms with Crippen LogP contribution < -0.4 is 21.5 Å². The standard InChI is InChI=1S/C13H14N4O2/c1-19-9-4-2-8(3-5-9)17-12-6-11(14)10(7-16-12)13(15)18/h2-7H,1H3,(H2,15,18)(H3,14,16,17). The van der Waals surface area contributed by atoms with Gasteiger partial charge in [0.2, 0.25) is 0 Å². The fraction of sp³-hybridized carbons (Fsp3) is 0.0769. The van der Waals surface area contributed by atoms with Gasteiger partial charge in [-0.15, -0.1) is 0 Å². The third kappa shape index (κ3) is 2.92. The van der Waals surface area contributed by atoms with E-state index in [1.165, 1.54) is 6.20 Å². The van der Waals surface area contributed by atoms with Crippen LogP contribution >= 0.6 is 0 Å². The summed E-state index contributed by atoms with van der Waals surface area (Å²) in [7, 11) is 1.60. The molecule has 1 aromatic carbocycles. The number of ether oxygens (including phenoxy) is 1. The molecule has 0 saturated carbocycles. The topological polar surface area (TPSA) is 103 Å². The molecule has 0 atom stereocenters. The van der Waals surface area contributed by atoms with Crippen molar-refractivity contribution in [1.82, 2.24) is 4.98 Å². The molecule has 0 unspecified atom stereocenters. The van der Waals surface area contributed by atoms with Crippen LogP contribution in [-0.4, -0.2) is 18.0 Å². The zero-order chi connectivity index (χ0) is 13.8. The van der Waals surface area contributed by atoms with E-state index in [4.69, 9.17) is 16.2 Å². The second-order valence-corrected chi connectivity index (χ2v) is 3.87. The van der Waals surface area contributed by atoms with Crippen LogP contribution in [0.2, 0.25) is 0 Å². The molecule has 0 spiro atoms. The molecule has 0 saturated heterocycles. The first-order chi connectivity index (χ1) is 9.10. The number of nitrogen functional groups attached to an aromatic ring is 1. The van der Waals surface area contributed by atoms with Crippen molar-refractivity contribution < 1.29 is 9.53 Å². The van der Waals surface area contributed by atoms with E-state index in [-0.39, 0.29) is 5.56 Å². The minimum atomic E-state index is -0.596. The number of aromatic nitrogens is 1. The first kappa shape index (κ1) is 12.7. The van der Waals surface area contributed by atoms with Crippen LogP contribution in [0.15, 0.2) is 36.5 Å². The Hall–Kier alpha value is -2.76. The smallest absolute Gasteiger partial charge is 0.252 e. The van der Waals surface area contributed by atoms with Gasteiger partial charge in [-0.1, -0.05) is 0 Å². The summed E-state index contributed by atoms with van der Waals surface area (Å²) < 4.78 is 5.07. The molecule has 1 aromatic heterocycles. The van der Waals surface area contributed by atoms with E-state index in [9.17, 15) is 4.79 Å². The Labute approximate surface area is 110 Å². The average Bonchev–Trinajstić information content (AvgIpc) is 2.39. The van der Waals surface area contributed by atoms with Gasteiger partial charge in [-0.05, 0) is 24.3 Å². The number of nitrogens with two attached hydrogens (primary N) is 2. The number of hydrogen-bond donors (Lipinski definition) is 3. The van der Waals surface area contributed by atoms with Gasteiger partial charge in [-0.2, -0.15) is 0 Å². The molecule has 0 aliphatic heterocycles. The lowest BCUT2D eigenvalue weighted by atomic mass is 10.2. The van der Waals surface area contributed by atoms with Crippen molar-refractivity contribution in [2.24, 2.45) is 5.73 Å². The van der Waals surface area contributed by atoms with Crippen LogP contribution in [0, 0.1) is 0 Å². The van der Waals surface area contributed by atoms with Crippen LogP contribution in [0.1, 0.15) is 10.4 Å². The van der Waals surface area contributed by atoms with Crippen molar-refractivity contribution in [3.8, 4) is 5.75 Å². The maximum absolute atomic E-state index is 11.0. The number of carbonyl (C=O) groups is 1. The maximum Gasteiger partial charge on any atom is 0.252 e. The number of primary amides is 1. The molecule has 6 heteroatoms. The summed E-state index contributed by atoms with van der Waals surface area (Å²) in [5.41, 5.74) is 12.2. The third-order valence-electron chi connectivity index (χ3n) is 2.56. The molecule has 1 amide bonds. The monoisotopic (exact) mass is 258 g/mol. The van der Waals surface area contributed by atoms with Gasteiger partial charge < -0.3 is 21.5 Å². The van der Waals surface area contributed by atoms with Crippen LogP contribution in [0.3, 0.4) is 0 Å². The molecule has 98 valence electrons. The summed E-state index contributed by atoms with van der Waals surface area (Å²) in [6, 6.07) is 8.90. The minimum Gasteiger partial charge on any atom is -0.497 e. The average molecular weight is 258 g/mol. The molecule has 5 N–H and O–H groups in total. The van der Waals surface area contributed by atoms with Gasteiger partial charge in [-0.25, -0.2) is 4.98 Å². The van der Waals surface area contributed by atoms with Crippen LogP contribution in [0.4, 0.5) is 17.2 Å². The molecule has 2 rings (SSSR count). The SMILES string of the molecule is COc1ccc(Nc2cc(N)c(C(N)=O)cn2)cc1. The van der Waals surface area contributed by atoms with Gasteiger partial charge in [-0.3, -0.25) is 4.79 Å². The number of carbonyl (C=O) groups excluding carboxylic acids is 1. The second-order valence-electron chi connectivity index (χ2n) is 3.87. The van der Waals surface area contributed by atoms with E-state index in [0.29, 0.717) is 11.5 Å². The molecule has 0 radical (unpaired) electrons. The predicted octanol–water partition coefficient (Wildman–Crippen LogP) is 1.51. The fourth-order valence-corrected chi connectivity index (χ4v) is 1.57. The number of nitrogens with one attached hydrogen (secondary N) is 1. The highest BCUT2D eigenvalue weighted by Crippen LogP contribution is 2.21. The fourth-order valence-electron chi connectivity index (χ4n) is 1.57. The van der Waals surface area contributed by atoms with E-state index >= 15 is 0 Å². The number of anilines is 3. The molecule has 6 nitrogen and oxygen atoms in total. The van der Waals surface area contributed by atoms with Gasteiger partial charge in [0.1, 0.15) is 11.6 Å². The Morgan fingerprint density at radius 2 is 2.00 bits per heavy atom. The molecular formula is C13H14N4O2. The van der Waals surface area contributed by atoms with Gasteiger partial charge in [0.25, 0.3) is 5.91 Å². The molecule has 1 heterocycles. The summed E-state index contributed by atoms with van der Waals surface area (Å²) in [5, 5.41) is 3.06. The summed E-state index contributed by atoms with van der Waals surface area (Å²) in [6.07, 6.45) is 1.35. The van der Waals surface area contributed by atoms with Gasteiger partial charge in [0.15, 0.2) is 0 Å². The lowest BCUT2D eigenvalue weighted by molar-refractivity contribution is 0.100. The van der Waals surface area contributed by atoms with E-state index < -0.39 is 5.91 Å². The zero-order valence-corrected chi connectivity index (χ0v) is 10.4. The minimum absolute atomic E-state index is 0.209. The van der Waals surface area contributed by atoms with Gasteiger partial charge >= 0.3 is 0 Å². The van der Waals surface area contributed by atoms with E-state index in [1.807, 2.05) is 24.3 Å². The highest BCUT2D eigenvalue weighted by Gasteiger charge is 2.07. The summed E-state index contributed by atoms with van der Waals surface area (Å²) >= 11 is 0. The number of pyridine rings is 1. The Kier molecular flexibility index (Phi) is 3.51. The van der Waals surface area contributed by atoms with Crippen molar-refractivity contribution in [3.05, 3.63) is 42.1 Å². The van der Waals surface area contributed by atoms with Crippen molar-refractivity contribution >= 4 is 23.1 Å². The molecule has 0 aliphatic carbocycles. The Morgan fingerprint density at radius 3 is 2.53 bits per heavy atom. The Bertz CT molecular complexity index is 596. The Morgan fingerprint density at radius 1 is 1.32 bits per heavy atom. The third-order valence-corrected chi connectivity index (χ3v) is 2.56. The van der Waals surface area contributed by atoms with Crippen LogP contribution in [0.25, 0.3) is 0 Å². The van der Waals surface area contributed by atoms with Gasteiger partial charge in [0, 0.05) is 23.6 Å². The normalized spacial score (nSPS) is 9.95. The number of methoxy groups -OCH3 is 1. The summed E-state index contributed by atoms with van der Waals surface area (Å²) in [6.45, 7) is 0. The van der Waals surface area contributed by atoms with Crippen molar-refractivity contribution in [2.45, 2.75) is 0 Å². The summed E-state index contributed by atoms with van der Waals surface area (Å²) in [5.74, 6) is 0.704. The van der Waals surface area contributed by atoms with Gasteiger partial charge in [0.05, 0.1) is 12.7 Å². The molecule has 0 aliphatic rings.